The number of nitrogens with zero attached hydrogens (tertiary/aromatic N) is 1. The number of hydrogen-bond acceptors (Lipinski definition) is 3. The minimum absolute atomic E-state index is 0.0593. The average Bonchev–Trinajstić information content (AvgIpc) is 3.16. The van der Waals surface area contributed by atoms with Crippen molar-refractivity contribution in [3.8, 4) is 5.75 Å². The molecule has 2 atom stereocenters. The van der Waals surface area contributed by atoms with E-state index >= 15 is 0 Å². The monoisotopic (exact) mass is 346 g/mol. The molecule has 1 aromatic carbocycles. The molecule has 0 radical (unpaired) electrons. The van der Waals surface area contributed by atoms with Gasteiger partial charge in [0.05, 0.1) is 6.10 Å². The van der Waals surface area contributed by atoms with Crippen molar-refractivity contribution in [2.24, 2.45) is 5.92 Å². The summed E-state index contributed by atoms with van der Waals surface area (Å²) in [5.41, 5.74) is 1.18. The Labute approximate surface area is 150 Å². The fourth-order valence-electron chi connectivity index (χ4n) is 3.87. The fraction of sp³-hybridized carbons (Fsp3) is 0.650. The molecule has 2 amide bonds. The zero-order valence-electron chi connectivity index (χ0n) is 15.1. The maximum absolute atomic E-state index is 12.4. The van der Waals surface area contributed by atoms with Crippen molar-refractivity contribution in [3.05, 3.63) is 29.8 Å². The van der Waals surface area contributed by atoms with Crippen LogP contribution in [0.1, 0.15) is 44.6 Å². The smallest absolute Gasteiger partial charge is 0.317 e. The standard InChI is InChI=1S/C20H30N2O3/c1-15(4-5-16-6-8-18(23)9-7-16)21-20(24)22-12-10-17(11-13-22)19-3-2-14-25-19/h6-9,15,17,19,23H,2-5,10-14H2,1H3,(H,21,24)/t15-,19+/m1/s1. The van der Waals surface area contributed by atoms with E-state index in [0.717, 1.165) is 45.4 Å². The van der Waals surface area contributed by atoms with Gasteiger partial charge < -0.3 is 20.1 Å². The molecule has 0 unspecified atom stereocenters. The molecule has 0 aliphatic carbocycles. The number of likely N-dealkylation sites (tertiary alicyclic amines) is 1. The summed E-state index contributed by atoms with van der Waals surface area (Å²) in [6.07, 6.45) is 6.69. The molecule has 5 nitrogen and oxygen atoms in total. The number of aromatic hydroxyl groups is 1. The summed E-state index contributed by atoms with van der Waals surface area (Å²) >= 11 is 0. The van der Waals surface area contributed by atoms with E-state index in [0.29, 0.717) is 12.0 Å². The number of hydrogen-bond donors (Lipinski definition) is 2. The third-order valence-corrected chi connectivity index (χ3v) is 5.49. The molecule has 0 saturated carbocycles. The maximum atomic E-state index is 12.4. The molecule has 0 spiro atoms. The van der Waals surface area contributed by atoms with Gasteiger partial charge in [0.1, 0.15) is 5.75 Å². The summed E-state index contributed by atoms with van der Waals surface area (Å²) in [5.74, 6) is 0.912. The van der Waals surface area contributed by atoms with E-state index in [1.807, 2.05) is 17.0 Å². The van der Waals surface area contributed by atoms with E-state index in [1.165, 1.54) is 18.4 Å². The zero-order valence-corrected chi connectivity index (χ0v) is 15.1. The lowest BCUT2D eigenvalue weighted by atomic mass is 9.90. The predicted octanol–water partition coefficient (Wildman–Crippen LogP) is 3.31. The average molecular weight is 346 g/mol. The normalized spacial score (nSPS) is 22.8. The number of aryl methyl sites for hydroxylation is 1. The van der Waals surface area contributed by atoms with Gasteiger partial charge >= 0.3 is 6.03 Å². The number of carbonyl (C=O) groups is 1. The van der Waals surface area contributed by atoms with Crippen LogP contribution in [0.2, 0.25) is 0 Å². The topological polar surface area (TPSA) is 61.8 Å². The molecule has 3 rings (SSSR count). The number of phenolic OH excluding ortho intramolecular Hbond substituents is 1. The van der Waals surface area contributed by atoms with Gasteiger partial charge in [-0.3, -0.25) is 0 Å². The van der Waals surface area contributed by atoms with Gasteiger partial charge in [-0.15, -0.1) is 0 Å². The van der Waals surface area contributed by atoms with Gasteiger partial charge in [-0.2, -0.15) is 0 Å². The molecule has 2 saturated heterocycles. The van der Waals surface area contributed by atoms with E-state index < -0.39 is 0 Å². The van der Waals surface area contributed by atoms with E-state index in [4.69, 9.17) is 4.74 Å². The highest BCUT2D eigenvalue weighted by molar-refractivity contribution is 5.74. The van der Waals surface area contributed by atoms with Crippen LogP contribution >= 0.6 is 0 Å². The third kappa shape index (κ3) is 5.11. The molecule has 25 heavy (non-hydrogen) atoms. The number of piperidine rings is 1. The second kappa shape index (κ2) is 8.56. The van der Waals surface area contributed by atoms with Crippen molar-refractivity contribution < 1.29 is 14.6 Å². The molecular weight excluding hydrogens is 316 g/mol. The lowest BCUT2D eigenvalue weighted by Crippen LogP contribution is -2.48. The van der Waals surface area contributed by atoms with Gasteiger partial charge in [-0.25, -0.2) is 4.79 Å². The minimum Gasteiger partial charge on any atom is -0.508 e. The summed E-state index contributed by atoms with van der Waals surface area (Å²) in [4.78, 5) is 14.4. The SMILES string of the molecule is C[C@H](CCc1ccc(O)cc1)NC(=O)N1CCC([C@@H]2CCCO2)CC1. The Morgan fingerprint density at radius 2 is 2.00 bits per heavy atom. The molecule has 2 aliphatic rings. The van der Waals surface area contributed by atoms with E-state index in [-0.39, 0.29) is 17.8 Å². The Balaban J connectivity index is 1.37. The number of amides is 2. The highest BCUT2D eigenvalue weighted by Crippen LogP contribution is 2.28. The number of ether oxygens (including phenoxy) is 1. The molecule has 0 aromatic heterocycles. The van der Waals surface area contributed by atoms with E-state index in [1.54, 1.807) is 12.1 Å². The highest BCUT2D eigenvalue weighted by Gasteiger charge is 2.31. The van der Waals surface area contributed by atoms with Crippen molar-refractivity contribution in [2.45, 2.75) is 57.6 Å². The van der Waals surface area contributed by atoms with Crippen LogP contribution < -0.4 is 5.32 Å². The van der Waals surface area contributed by atoms with Crippen LogP contribution in [0.4, 0.5) is 4.79 Å². The first-order valence-electron chi connectivity index (χ1n) is 9.57. The van der Waals surface area contributed by atoms with Crippen LogP contribution in [-0.4, -0.2) is 47.9 Å². The van der Waals surface area contributed by atoms with Crippen molar-refractivity contribution in [3.63, 3.8) is 0 Å². The van der Waals surface area contributed by atoms with Crippen LogP contribution in [0.25, 0.3) is 0 Å². The number of rotatable bonds is 5. The van der Waals surface area contributed by atoms with Crippen molar-refractivity contribution in [1.82, 2.24) is 10.2 Å². The van der Waals surface area contributed by atoms with Crippen LogP contribution in [0, 0.1) is 5.92 Å². The molecule has 2 fully saturated rings. The van der Waals surface area contributed by atoms with Crippen LogP contribution in [0.15, 0.2) is 24.3 Å². The molecule has 138 valence electrons. The minimum atomic E-state index is 0.0593. The molecule has 2 heterocycles. The second-order valence-electron chi connectivity index (χ2n) is 7.43. The Morgan fingerprint density at radius 1 is 1.28 bits per heavy atom. The van der Waals surface area contributed by atoms with Crippen molar-refractivity contribution in [1.29, 1.82) is 0 Å². The van der Waals surface area contributed by atoms with Gasteiger partial charge in [0.25, 0.3) is 0 Å². The zero-order chi connectivity index (χ0) is 17.6. The molecular formula is C20H30N2O3. The van der Waals surface area contributed by atoms with Gasteiger partial charge in [0.2, 0.25) is 0 Å². The Morgan fingerprint density at radius 3 is 2.64 bits per heavy atom. The summed E-state index contributed by atoms with van der Waals surface area (Å²) in [6.45, 7) is 4.63. The number of carbonyl (C=O) groups excluding carboxylic acids is 1. The van der Waals surface area contributed by atoms with E-state index in [9.17, 15) is 9.90 Å². The quantitative estimate of drug-likeness (QED) is 0.860. The first-order chi connectivity index (χ1) is 12.1. The molecule has 2 aliphatic heterocycles. The summed E-state index contributed by atoms with van der Waals surface area (Å²) < 4.78 is 5.80. The summed E-state index contributed by atoms with van der Waals surface area (Å²) in [5, 5.41) is 12.4. The Kier molecular flexibility index (Phi) is 6.19. The summed E-state index contributed by atoms with van der Waals surface area (Å²) in [7, 11) is 0. The number of nitrogens with one attached hydrogen (secondary N) is 1. The second-order valence-corrected chi connectivity index (χ2v) is 7.43. The van der Waals surface area contributed by atoms with Gasteiger partial charge in [-0.1, -0.05) is 12.1 Å². The lowest BCUT2D eigenvalue weighted by Gasteiger charge is -2.35. The number of benzene rings is 1. The fourth-order valence-corrected chi connectivity index (χ4v) is 3.87. The van der Waals surface area contributed by atoms with Gasteiger partial charge in [0.15, 0.2) is 0 Å². The summed E-state index contributed by atoms with van der Waals surface area (Å²) in [6, 6.07) is 7.47. The lowest BCUT2D eigenvalue weighted by molar-refractivity contribution is 0.0370. The van der Waals surface area contributed by atoms with Crippen molar-refractivity contribution >= 4 is 6.03 Å². The molecule has 1 aromatic rings. The Bertz CT molecular complexity index is 547. The molecule has 2 N–H and O–H groups in total. The van der Waals surface area contributed by atoms with E-state index in [2.05, 4.69) is 12.2 Å². The van der Waals surface area contributed by atoms with Crippen LogP contribution in [0.5, 0.6) is 5.75 Å². The van der Waals surface area contributed by atoms with Gasteiger partial charge in [-0.05, 0) is 69.1 Å². The molecule has 0 bridgehead atoms. The first kappa shape index (κ1) is 18.1. The molecule has 5 heteroatoms. The predicted molar refractivity (Wildman–Crippen MR) is 97.7 cm³/mol. The maximum Gasteiger partial charge on any atom is 0.317 e. The largest absolute Gasteiger partial charge is 0.508 e. The first-order valence-corrected chi connectivity index (χ1v) is 9.57. The van der Waals surface area contributed by atoms with Crippen LogP contribution in [-0.2, 0) is 11.2 Å². The number of phenols is 1. The van der Waals surface area contributed by atoms with Crippen LogP contribution in [0.3, 0.4) is 0 Å². The number of urea groups is 1. The highest BCUT2D eigenvalue weighted by atomic mass is 16.5. The third-order valence-electron chi connectivity index (χ3n) is 5.49. The van der Waals surface area contributed by atoms with Crippen molar-refractivity contribution in [2.75, 3.05) is 19.7 Å². The Hall–Kier alpha value is -1.75. The van der Waals surface area contributed by atoms with Gasteiger partial charge in [0, 0.05) is 25.7 Å².